The van der Waals surface area contributed by atoms with Crippen LogP contribution in [0.15, 0.2) is 162 Å². The van der Waals surface area contributed by atoms with Crippen LogP contribution in [0, 0.1) is 0 Å². The third-order valence-electron chi connectivity index (χ3n) is 10.3. The van der Waals surface area contributed by atoms with Gasteiger partial charge in [0.05, 0.1) is 34.7 Å². The Kier molecular flexibility index (Phi) is 6.65. The van der Waals surface area contributed by atoms with Crippen molar-refractivity contribution in [3.63, 3.8) is 0 Å². The number of benzene rings is 4. The summed E-state index contributed by atoms with van der Waals surface area (Å²) in [5, 5.41) is 2.44. The molecular formula is C44H32N6. The largest absolute Gasteiger partial charge is 0.332 e. The second-order valence-electron chi connectivity index (χ2n) is 13.1. The van der Waals surface area contributed by atoms with Gasteiger partial charge in [-0.05, 0) is 83.6 Å². The zero-order chi connectivity index (χ0) is 33.0. The standard InChI is InChI=1S/C44H32N6/c1-3-10-41-35(8-1)37-20-22-45-27-43(37)49(41)33-16-12-29(13-17-33)31-14-18-39(47-25-31)40-19-15-32(26-48-40)30-6-5-7-34(24-30)50-42-11-4-2-9-36(42)38-21-23-46-28-44(38)50/h1-14,16-18,20-28,38,44H,15,19H2. The molecule has 3 aliphatic heterocycles. The van der Waals surface area contributed by atoms with E-state index in [1.54, 1.807) is 0 Å². The predicted octanol–water partition coefficient (Wildman–Crippen LogP) is 10.1. The summed E-state index contributed by atoms with van der Waals surface area (Å²) >= 11 is 0. The number of allylic oxidation sites excluding steroid dienone is 1. The third-order valence-corrected chi connectivity index (χ3v) is 10.3. The first-order valence-corrected chi connectivity index (χ1v) is 17.1. The van der Waals surface area contributed by atoms with Crippen molar-refractivity contribution in [1.82, 2.24) is 14.5 Å². The third kappa shape index (κ3) is 4.64. The van der Waals surface area contributed by atoms with Crippen LogP contribution in [0.1, 0.15) is 35.6 Å². The lowest BCUT2D eigenvalue weighted by Crippen LogP contribution is -2.32. The van der Waals surface area contributed by atoms with Gasteiger partial charge in [0.25, 0.3) is 0 Å². The molecule has 0 saturated carbocycles. The molecule has 2 unspecified atom stereocenters. The molecule has 50 heavy (non-hydrogen) atoms. The van der Waals surface area contributed by atoms with Crippen molar-refractivity contribution in [3.05, 3.63) is 169 Å². The average Bonchev–Trinajstić information content (AvgIpc) is 3.71. The molecule has 0 radical (unpaired) electrons. The van der Waals surface area contributed by atoms with Crippen LogP contribution in [-0.2, 0) is 0 Å². The fraction of sp³-hybridized carbons (Fsp3) is 0.0909. The molecule has 2 atom stereocenters. The van der Waals surface area contributed by atoms with E-state index < -0.39 is 0 Å². The van der Waals surface area contributed by atoms with Crippen molar-refractivity contribution in [2.45, 2.75) is 24.8 Å². The van der Waals surface area contributed by atoms with Gasteiger partial charge in [-0.25, -0.2) is 0 Å². The van der Waals surface area contributed by atoms with E-state index in [0.29, 0.717) is 5.92 Å². The van der Waals surface area contributed by atoms with Crippen LogP contribution in [0.5, 0.6) is 0 Å². The second-order valence-corrected chi connectivity index (χ2v) is 13.1. The van der Waals surface area contributed by atoms with E-state index in [0.717, 1.165) is 46.6 Å². The van der Waals surface area contributed by atoms with E-state index in [4.69, 9.17) is 9.98 Å². The lowest BCUT2D eigenvalue weighted by atomic mass is 9.94. The fourth-order valence-corrected chi connectivity index (χ4v) is 7.90. The van der Waals surface area contributed by atoms with Crippen molar-refractivity contribution in [2.75, 3.05) is 4.90 Å². The summed E-state index contributed by atoms with van der Waals surface area (Å²) in [6.07, 6.45) is 15.8. The molecule has 6 nitrogen and oxygen atoms in total. The fourth-order valence-electron chi connectivity index (χ4n) is 7.90. The first-order valence-electron chi connectivity index (χ1n) is 17.1. The monoisotopic (exact) mass is 644 g/mol. The summed E-state index contributed by atoms with van der Waals surface area (Å²) in [6, 6.07) is 41.3. The minimum atomic E-state index is 0.183. The molecule has 10 rings (SSSR count). The number of nitrogens with zero attached hydrogens (tertiary/aromatic N) is 6. The minimum Gasteiger partial charge on any atom is -0.332 e. The summed E-state index contributed by atoms with van der Waals surface area (Å²) in [5.74, 6) is 0.315. The number of fused-ring (bicyclic) bond motifs is 6. The first kappa shape index (κ1) is 28.6. The van der Waals surface area contributed by atoms with Gasteiger partial charge in [-0.1, -0.05) is 72.8 Å². The number of hydrogen-bond acceptors (Lipinski definition) is 5. The molecule has 0 bridgehead atoms. The zero-order valence-corrected chi connectivity index (χ0v) is 27.3. The number of pyridine rings is 2. The van der Waals surface area contributed by atoms with Crippen molar-refractivity contribution in [2.24, 2.45) is 9.98 Å². The van der Waals surface area contributed by atoms with Crippen LogP contribution in [-0.4, -0.2) is 32.5 Å². The van der Waals surface area contributed by atoms with Crippen LogP contribution < -0.4 is 4.90 Å². The molecule has 0 fully saturated rings. The van der Waals surface area contributed by atoms with Crippen LogP contribution in [0.25, 0.3) is 44.2 Å². The quantitative estimate of drug-likeness (QED) is 0.187. The van der Waals surface area contributed by atoms with Gasteiger partial charge in [-0.3, -0.25) is 20.0 Å². The van der Waals surface area contributed by atoms with Gasteiger partial charge in [0, 0.05) is 70.3 Å². The summed E-state index contributed by atoms with van der Waals surface area (Å²) in [4.78, 5) is 21.1. The Hall–Kier alpha value is -6.40. The van der Waals surface area contributed by atoms with Gasteiger partial charge < -0.3 is 9.47 Å². The van der Waals surface area contributed by atoms with Crippen LogP contribution in [0.4, 0.5) is 11.4 Å². The topological polar surface area (TPSA) is 58.7 Å². The summed E-state index contributed by atoms with van der Waals surface area (Å²) < 4.78 is 2.28. The normalized spacial score (nSPS) is 17.9. The summed E-state index contributed by atoms with van der Waals surface area (Å²) in [7, 11) is 0. The Bertz CT molecular complexity index is 2500. The van der Waals surface area contributed by atoms with E-state index in [-0.39, 0.29) is 6.04 Å². The number of aromatic nitrogens is 3. The Balaban J connectivity index is 0.891. The molecule has 0 saturated heterocycles. The van der Waals surface area contributed by atoms with Crippen molar-refractivity contribution in [1.29, 1.82) is 0 Å². The highest BCUT2D eigenvalue weighted by atomic mass is 15.2. The molecule has 238 valence electrons. The van der Waals surface area contributed by atoms with E-state index in [1.807, 2.05) is 31.0 Å². The molecule has 4 aromatic carbocycles. The van der Waals surface area contributed by atoms with E-state index in [1.165, 1.54) is 44.4 Å². The molecule has 0 spiro atoms. The summed E-state index contributed by atoms with van der Waals surface area (Å²) in [6.45, 7) is 0. The zero-order valence-electron chi connectivity index (χ0n) is 27.3. The van der Waals surface area contributed by atoms with E-state index >= 15 is 0 Å². The van der Waals surface area contributed by atoms with E-state index in [9.17, 15) is 0 Å². The smallest absolute Gasteiger partial charge is 0.0844 e. The van der Waals surface area contributed by atoms with Gasteiger partial charge >= 0.3 is 0 Å². The van der Waals surface area contributed by atoms with Crippen LogP contribution >= 0.6 is 0 Å². The molecule has 3 aliphatic rings. The Labute approximate surface area is 290 Å². The molecule has 0 N–H and O–H groups in total. The van der Waals surface area contributed by atoms with Gasteiger partial charge in [0.1, 0.15) is 0 Å². The van der Waals surface area contributed by atoms with Crippen molar-refractivity contribution >= 4 is 50.7 Å². The molecule has 7 aromatic rings. The number of aliphatic imine (C=N–C) groups is 2. The number of para-hydroxylation sites is 2. The second kappa shape index (κ2) is 11.6. The van der Waals surface area contributed by atoms with Crippen molar-refractivity contribution in [3.8, 4) is 16.8 Å². The van der Waals surface area contributed by atoms with Gasteiger partial charge in [-0.2, -0.15) is 0 Å². The molecule has 6 heteroatoms. The van der Waals surface area contributed by atoms with E-state index in [2.05, 4.69) is 147 Å². The SMILES string of the molecule is C1=CC2c3ccccc3N(c3cccc(C4=CN=C(c5ccc(-c6ccc(-n7c8ccccc8c8ccncc87)cc6)cn5)CC4)c3)C2C=N1. The summed E-state index contributed by atoms with van der Waals surface area (Å²) in [5.41, 5.74) is 13.8. The molecule has 3 aromatic heterocycles. The maximum absolute atomic E-state index is 4.92. The van der Waals surface area contributed by atoms with Gasteiger partial charge in [-0.15, -0.1) is 0 Å². The maximum atomic E-state index is 4.92. The first-order chi connectivity index (χ1) is 24.8. The lowest BCUT2D eigenvalue weighted by molar-refractivity contribution is 0.787. The molecule has 0 amide bonds. The number of hydrogen-bond donors (Lipinski definition) is 0. The van der Waals surface area contributed by atoms with Crippen LogP contribution in [0.3, 0.4) is 0 Å². The van der Waals surface area contributed by atoms with Gasteiger partial charge in [0.15, 0.2) is 0 Å². The number of rotatable bonds is 5. The minimum absolute atomic E-state index is 0.183. The molecule has 0 aliphatic carbocycles. The number of anilines is 2. The molecular weight excluding hydrogens is 613 g/mol. The van der Waals surface area contributed by atoms with Crippen LogP contribution in [0.2, 0.25) is 0 Å². The highest BCUT2D eigenvalue weighted by Gasteiger charge is 2.37. The highest BCUT2D eigenvalue weighted by Crippen LogP contribution is 2.46. The lowest BCUT2D eigenvalue weighted by Gasteiger charge is -2.28. The average molecular weight is 645 g/mol. The predicted molar refractivity (Wildman–Crippen MR) is 205 cm³/mol. The maximum Gasteiger partial charge on any atom is 0.0844 e. The Morgan fingerprint density at radius 3 is 2.40 bits per heavy atom. The molecule has 6 heterocycles. The Morgan fingerprint density at radius 1 is 0.660 bits per heavy atom. The highest BCUT2D eigenvalue weighted by molar-refractivity contribution is 6.09. The van der Waals surface area contributed by atoms with Gasteiger partial charge in [0.2, 0.25) is 0 Å². The van der Waals surface area contributed by atoms with Crippen molar-refractivity contribution < 1.29 is 0 Å². The Morgan fingerprint density at radius 2 is 1.52 bits per heavy atom.